The third-order valence-electron chi connectivity index (χ3n) is 22.8. The van der Waals surface area contributed by atoms with Crippen molar-refractivity contribution in [2.24, 2.45) is 29.6 Å². The van der Waals surface area contributed by atoms with Crippen molar-refractivity contribution in [3.05, 3.63) is 275 Å². The maximum atomic E-state index is 13.1. The molecule has 0 unspecified atom stereocenters. The number of methoxy groups -OCH3 is 1. The summed E-state index contributed by atoms with van der Waals surface area (Å²) in [7, 11) is 1.54. The molecule has 41 heteroatoms. The van der Waals surface area contributed by atoms with Gasteiger partial charge in [-0.2, -0.15) is 0 Å². The van der Waals surface area contributed by atoms with E-state index in [-0.39, 0.29) is 87.3 Å². The van der Waals surface area contributed by atoms with Crippen LogP contribution >= 0.6 is 79.9 Å². The van der Waals surface area contributed by atoms with Gasteiger partial charge in [0.1, 0.15) is 69.6 Å². The summed E-state index contributed by atoms with van der Waals surface area (Å²) in [6, 6.07) is 42.6. The zero-order chi connectivity index (χ0) is 98.3. The van der Waals surface area contributed by atoms with E-state index in [2.05, 4.69) is 61.5 Å². The van der Waals surface area contributed by atoms with Gasteiger partial charge in [0.2, 0.25) is 0 Å². The predicted octanol–water partition coefficient (Wildman–Crippen LogP) is 21.9. The number of nitrogens with one attached hydrogen (secondary N) is 5. The highest BCUT2D eigenvalue weighted by molar-refractivity contribution is 7.19. The van der Waals surface area contributed by atoms with E-state index in [4.69, 9.17) is 73.7 Å². The third-order valence-corrected chi connectivity index (χ3v) is 28.2. The Morgan fingerprint density at radius 3 is 0.858 bits per heavy atom. The maximum absolute atomic E-state index is 13.1. The second kappa shape index (κ2) is 48.5. The van der Waals surface area contributed by atoms with Crippen LogP contribution < -0.4 is 31.3 Å². The number of ether oxygens (including phenoxy) is 6. The van der Waals surface area contributed by atoms with Gasteiger partial charge in [-0.25, -0.2) is 34.3 Å². The molecule has 5 aliphatic heterocycles. The molecule has 0 atom stereocenters. The smallest absolute Gasteiger partial charge is 0.259 e. The van der Waals surface area contributed by atoms with Gasteiger partial charge < -0.3 is 50.5 Å². The first-order valence-corrected chi connectivity index (χ1v) is 49.6. The van der Waals surface area contributed by atoms with E-state index < -0.39 is 11.7 Å². The minimum atomic E-state index is -0.426. The number of hydrogen-bond donors (Lipinski definition) is 5. The Labute approximate surface area is 834 Å². The molecule has 726 valence electrons. The summed E-state index contributed by atoms with van der Waals surface area (Å²) in [6.45, 7) is 7.55. The van der Waals surface area contributed by atoms with Crippen LogP contribution in [0.5, 0.6) is 5.75 Å². The van der Waals surface area contributed by atoms with Gasteiger partial charge in [0, 0.05) is 135 Å². The number of ketones is 5. The van der Waals surface area contributed by atoms with Crippen molar-refractivity contribution in [1.82, 2.24) is 34.9 Å². The van der Waals surface area contributed by atoms with Gasteiger partial charge in [0.15, 0.2) is 83.4 Å². The molecule has 0 spiro atoms. The molecule has 5 aliphatic rings. The Kier molecular flexibility index (Phi) is 34.5. The zero-order valence-electron chi connectivity index (χ0n) is 75.5. The normalized spacial score (nSPS) is 14.7. The van der Waals surface area contributed by atoms with Crippen LogP contribution in [0.2, 0.25) is 10.2 Å². The first-order chi connectivity index (χ1) is 68.6. The molecule has 5 saturated heterocycles. The number of aryl methyl sites for hydroxylation is 1. The standard InChI is InChI=1S/C21H20N2O5S.C20H17ClN2O4S.C20H17FN2O4S.C20H19N3O4S.C19H16ClN3O4S/c1-26-15-5-2-4-14(12-15)20(25)23-21-22-17(16-6-3-9-28-16)19(29-21)18(24)13-7-10-27-11-8-13;2*21-14-5-3-13(4-6-14)19(25)23-20-22-16(15-2-1-9-27-15)18(28-20)17(24)12-7-10-26-11-8-12;1-12-4-5-14(11-21-12)19(25)23-20-22-16(15-3-2-8-27-15)18(28-20)17(24)13-6-9-26-10-7-13;20-14-4-3-12(10-21-14)18(25)23-19-22-15(13-2-1-7-27-13)17(28-19)16(24)11-5-8-26-9-6-11/h2-6,9,12-13H,7-8,10-11H2,1H3,(H,22,23,25);2*1-6,9,12H,7-8,10-11H2,(H,22,23,25);2-5,8,11,13H,6-7,9-10H2,1H3,(H,22,23,25);1-4,7,10-11H,5-6,8-9H2,(H,22,23,25). The minimum Gasteiger partial charge on any atom is -0.497 e. The number of amides is 5. The predicted molar refractivity (Wildman–Crippen MR) is 527 cm³/mol. The first-order valence-electron chi connectivity index (χ1n) is 44.7. The SMILES string of the molecule is COc1cccc(C(=O)Nc2nc(-c3ccco3)c(C(=O)C3CCOCC3)s2)c1.Cc1ccc(C(=O)Nc2nc(-c3ccco3)c(C(=O)C3CCOCC3)s2)cn1.O=C(Nc1nc(-c2ccco2)c(C(=O)C2CCOCC2)s1)c1ccc(Cl)cc1.O=C(Nc1nc(-c2ccco2)c(C(=O)C2CCOCC2)s1)c1ccc(Cl)nc1.O=C(Nc1nc(-c2ccco2)c(C(=O)C2CCOCC2)s1)c1ccc(F)cc1. The Morgan fingerprint density at radius 1 is 0.326 bits per heavy atom. The highest BCUT2D eigenvalue weighted by Gasteiger charge is 2.37. The number of Topliss-reactive ketones (excluding diaryl/α,β-unsaturated/α-hetero) is 5. The Hall–Kier alpha value is -13.7. The van der Waals surface area contributed by atoms with Crippen molar-refractivity contribution >= 4 is 164 Å². The summed E-state index contributed by atoms with van der Waals surface area (Å²) in [6.07, 6.45) is 17.3. The van der Waals surface area contributed by atoms with E-state index >= 15 is 0 Å². The quantitative estimate of drug-likeness (QED) is 0.0248. The van der Waals surface area contributed by atoms with Crippen molar-refractivity contribution in [2.45, 2.75) is 71.1 Å². The summed E-state index contributed by atoms with van der Waals surface area (Å²) in [4.78, 5) is 161. The lowest BCUT2D eigenvalue weighted by Gasteiger charge is -2.20. The van der Waals surface area contributed by atoms with Gasteiger partial charge in [-0.1, -0.05) is 86.0 Å². The van der Waals surface area contributed by atoms with Crippen LogP contribution in [0, 0.1) is 42.3 Å². The fraction of sp³-hybridized carbons (Fsp3) is 0.270. The highest BCUT2D eigenvalue weighted by Crippen LogP contribution is 2.43. The van der Waals surface area contributed by atoms with Gasteiger partial charge >= 0.3 is 0 Å². The van der Waals surface area contributed by atoms with Gasteiger partial charge in [-0.3, -0.25) is 79.5 Å². The number of halogens is 3. The number of anilines is 5. The number of benzene rings is 3. The largest absolute Gasteiger partial charge is 0.497 e. The molecule has 0 bridgehead atoms. The highest BCUT2D eigenvalue weighted by atomic mass is 35.5. The molecule has 5 N–H and O–H groups in total. The fourth-order valence-corrected chi connectivity index (χ4v) is 20.4. The number of nitrogens with zero attached hydrogens (tertiary/aromatic N) is 7. The maximum Gasteiger partial charge on any atom is 0.259 e. The Balaban J connectivity index is 0.000000127. The molecule has 33 nitrogen and oxygen atoms in total. The average molecular weight is 2050 g/mol. The Morgan fingerprint density at radius 2 is 0.596 bits per heavy atom. The number of carbonyl (C=O) groups excluding carboxylic acids is 10. The van der Waals surface area contributed by atoms with Gasteiger partial charge in [0.05, 0.1) is 49.6 Å². The second-order valence-electron chi connectivity index (χ2n) is 32.2. The second-order valence-corrected chi connectivity index (χ2v) is 38.0. The van der Waals surface area contributed by atoms with E-state index in [0.717, 1.165) is 28.4 Å². The van der Waals surface area contributed by atoms with E-state index in [1.807, 2.05) is 6.92 Å². The van der Waals surface area contributed by atoms with Crippen molar-refractivity contribution in [2.75, 3.05) is 99.8 Å². The average Bonchev–Trinajstić information content (AvgIpc) is 1.67. The number of thiazole rings is 5. The van der Waals surface area contributed by atoms with Crippen LogP contribution in [0.4, 0.5) is 30.0 Å². The van der Waals surface area contributed by atoms with Crippen molar-refractivity contribution in [1.29, 1.82) is 0 Å². The van der Waals surface area contributed by atoms with Crippen molar-refractivity contribution in [3.8, 4) is 63.0 Å². The molecule has 5 fully saturated rings. The molecule has 5 amide bonds. The lowest BCUT2D eigenvalue weighted by Crippen LogP contribution is -2.23. The minimum absolute atomic E-state index is 0.000795. The summed E-state index contributed by atoms with van der Waals surface area (Å²) >= 11 is 17.4. The van der Waals surface area contributed by atoms with Crippen LogP contribution in [-0.4, -0.2) is 167 Å². The molecular formula is C100H89Cl2FN12O21S5. The van der Waals surface area contributed by atoms with Gasteiger partial charge in [-0.05, 0) is 223 Å². The molecule has 20 rings (SSSR count). The van der Waals surface area contributed by atoms with Crippen molar-refractivity contribution < 1.29 is 103 Å². The summed E-state index contributed by atoms with van der Waals surface area (Å²) in [5, 5.41) is 16.2. The number of furan rings is 5. The molecular weight excluding hydrogens is 1960 g/mol. The fourth-order valence-electron chi connectivity index (χ4n) is 15.3. The molecule has 15 aromatic rings. The number of pyridine rings is 2. The summed E-state index contributed by atoms with van der Waals surface area (Å²) in [5.74, 6) is 0.296. The molecule has 17 heterocycles. The summed E-state index contributed by atoms with van der Waals surface area (Å²) < 4.78 is 72.2. The lowest BCUT2D eigenvalue weighted by atomic mass is 9.94. The van der Waals surface area contributed by atoms with Crippen molar-refractivity contribution in [3.63, 3.8) is 0 Å². The number of carbonyl (C=O) groups is 10. The van der Waals surface area contributed by atoms with Crippen LogP contribution in [0.15, 0.2) is 224 Å². The molecule has 3 aromatic carbocycles. The topological polar surface area (TPSA) is 442 Å². The first kappa shape index (κ1) is 100. The van der Waals surface area contributed by atoms with Crippen LogP contribution in [-0.2, 0) is 23.7 Å². The van der Waals surface area contributed by atoms with Gasteiger partial charge in [0.25, 0.3) is 29.5 Å². The van der Waals surface area contributed by atoms with Crippen LogP contribution in [0.25, 0.3) is 57.3 Å². The molecule has 12 aromatic heterocycles. The molecule has 141 heavy (non-hydrogen) atoms. The molecule has 0 radical (unpaired) electrons. The lowest BCUT2D eigenvalue weighted by molar-refractivity contribution is 0.0546. The molecule has 0 saturated carbocycles. The number of aromatic nitrogens is 7. The molecule has 0 aliphatic carbocycles. The van der Waals surface area contributed by atoms with E-state index in [0.29, 0.717) is 276 Å². The van der Waals surface area contributed by atoms with E-state index in [1.165, 1.54) is 108 Å². The van der Waals surface area contributed by atoms with Gasteiger partial charge in [-0.15, -0.1) is 0 Å². The van der Waals surface area contributed by atoms with E-state index in [9.17, 15) is 52.3 Å². The van der Waals surface area contributed by atoms with Crippen LogP contribution in [0.1, 0.15) is 170 Å². The third kappa shape index (κ3) is 26.1. The zero-order valence-corrected chi connectivity index (χ0v) is 81.1. The number of hydrogen-bond acceptors (Lipinski definition) is 33. The van der Waals surface area contributed by atoms with Crippen LogP contribution in [0.3, 0.4) is 0 Å². The summed E-state index contributed by atoms with van der Waals surface area (Å²) in [5.41, 5.74) is 5.03. The monoisotopic (exact) mass is 2040 g/mol. The Bertz CT molecular complexity index is 6150. The number of rotatable bonds is 26. The van der Waals surface area contributed by atoms with E-state index in [1.54, 1.807) is 135 Å².